The summed E-state index contributed by atoms with van der Waals surface area (Å²) in [6.07, 6.45) is 1.79. The number of hydrogen-bond donors (Lipinski definition) is 0. The predicted molar refractivity (Wildman–Crippen MR) is 31.0 cm³/mol. The van der Waals surface area contributed by atoms with E-state index in [1.165, 1.54) is 0 Å². The van der Waals surface area contributed by atoms with Gasteiger partial charge in [0, 0.05) is 0 Å². The van der Waals surface area contributed by atoms with Gasteiger partial charge in [-0.25, -0.2) is 0 Å². The highest BCUT2D eigenvalue weighted by Crippen LogP contribution is 1.84. The van der Waals surface area contributed by atoms with Gasteiger partial charge in [0.25, 0.3) is 0 Å². The molecule has 0 rings (SSSR count). The maximum Gasteiger partial charge on any atom is 0.0648 e. The summed E-state index contributed by atoms with van der Waals surface area (Å²) < 4.78 is 4.96. The van der Waals surface area contributed by atoms with E-state index in [2.05, 4.69) is 13.5 Å². The molecule has 0 saturated heterocycles. The second kappa shape index (κ2) is 3.88. The van der Waals surface area contributed by atoms with Crippen LogP contribution in [-0.2, 0) is 4.74 Å². The van der Waals surface area contributed by atoms with Crippen LogP contribution in [0.25, 0.3) is 0 Å². The highest BCUT2D eigenvalue weighted by Gasteiger charge is 1.85. The lowest BCUT2D eigenvalue weighted by Crippen LogP contribution is -2.01. The summed E-state index contributed by atoms with van der Waals surface area (Å²) in [7, 11) is 0. The van der Waals surface area contributed by atoms with E-state index in [-0.39, 0.29) is 6.10 Å². The van der Waals surface area contributed by atoms with Gasteiger partial charge in [0.1, 0.15) is 0 Å². The van der Waals surface area contributed by atoms with E-state index in [1.807, 2.05) is 6.92 Å². The standard InChI is InChI=1S/C6H11O/c1-4-5-7-6(2)3/h4,6H,1-2,5H2,3H3. The minimum absolute atomic E-state index is 0.0815. The van der Waals surface area contributed by atoms with Crippen molar-refractivity contribution in [3.8, 4) is 0 Å². The van der Waals surface area contributed by atoms with Crippen molar-refractivity contribution >= 4 is 0 Å². The lowest BCUT2D eigenvalue weighted by molar-refractivity contribution is 0.121. The predicted octanol–water partition coefficient (Wildman–Crippen LogP) is 1.41. The highest BCUT2D eigenvalue weighted by atomic mass is 16.5. The van der Waals surface area contributed by atoms with E-state index in [4.69, 9.17) is 4.74 Å². The monoisotopic (exact) mass is 99.1 g/mol. The number of rotatable bonds is 3. The fraction of sp³-hybridized carbons (Fsp3) is 0.500. The summed E-state index contributed by atoms with van der Waals surface area (Å²) >= 11 is 0. The van der Waals surface area contributed by atoms with Crippen molar-refractivity contribution in [2.75, 3.05) is 6.61 Å². The van der Waals surface area contributed by atoms with Crippen LogP contribution >= 0.6 is 0 Å². The molecule has 0 saturated carbocycles. The molecule has 1 unspecified atom stereocenters. The van der Waals surface area contributed by atoms with E-state index in [0.29, 0.717) is 6.61 Å². The van der Waals surface area contributed by atoms with Crippen molar-refractivity contribution in [1.82, 2.24) is 0 Å². The zero-order valence-electron chi connectivity index (χ0n) is 4.68. The van der Waals surface area contributed by atoms with Crippen LogP contribution in [0.1, 0.15) is 6.92 Å². The van der Waals surface area contributed by atoms with Crippen molar-refractivity contribution in [2.24, 2.45) is 0 Å². The molecule has 0 amide bonds. The Bertz CT molecular complexity index is 48.1. The van der Waals surface area contributed by atoms with Crippen molar-refractivity contribution < 1.29 is 4.74 Å². The van der Waals surface area contributed by atoms with Gasteiger partial charge in [0.15, 0.2) is 0 Å². The molecule has 0 aromatic carbocycles. The van der Waals surface area contributed by atoms with Gasteiger partial charge < -0.3 is 4.74 Å². The molecule has 0 aliphatic carbocycles. The fourth-order valence-electron chi connectivity index (χ4n) is 0.232. The van der Waals surface area contributed by atoms with E-state index in [9.17, 15) is 0 Å². The van der Waals surface area contributed by atoms with Crippen LogP contribution in [0.3, 0.4) is 0 Å². The minimum Gasteiger partial charge on any atom is -0.374 e. The lowest BCUT2D eigenvalue weighted by Gasteiger charge is -2.01. The van der Waals surface area contributed by atoms with E-state index >= 15 is 0 Å². The molecular weight excluding hydrogens is 88.1 g/mol. The Morgan fingerprint density at radius 1 is 1.86 bits per heavy atom. The van der Waals surface area contributed by atoms with Gasteiger partial charge in [0.05, 0.1) is 12.7 Å². The molecule has 0 aromatic rings. The zero-order chi connectivity index (χ0) is 5.70. The Hall–Kier alpha value is -0.300. The third-order valence-electron chi connectivity index (χ3n) is 0.499. The number of ether oxygens (including phenoxy) is 1. The van der Waals surface area contributed by atoms with Gasteiger partial charge in [-0.3, -0.25) is 0 Å². The molecule has 1 heteroatoms. The molecule has 7 heavy (non-hydrogen) atoms. The topological polar surface area (TPSA) is 9.23 Å². The molecule has 0 aliphatic rings. The first-order valence-corrected chi connectivity index (χ1v) is 2.33. The minimum atomic E-state index is 0.0815. The Kier molecular flexibility index (Phi) is 3.71. The van der Waals surface area contributed by atoms with Crippen molar-refractivity contribution in [1.29, 1.82) is 0 Å². The maximum absolute atomic E-state index is 4.96. The van der Waals surface area contributed by atoms with Crippen LogP contribution in [0, 0.1) is 6.92 Å². The second-order valence-corrected chi connectivity index (χ2v) is 1.43. The van der Waals surface area contributed by atoms with E-state index in [0.717, 1.165) is 0 Å². The third-order valence-corrected chi connectivity index (χ3v) is 0.499. The van der Waals surface area contributed by atoms with Crippen molar-refractivity contribution in [2.45, 2.75) is 13.0 Å². The summed E-state index contributed by atoms with van der Waals surface area (Å²) in [6, 6.07) is 0. The van der Waals surface area contributed by atoms with Crippen molar-refractivity contribution in [3.05, 3.63) is 19.6 Å². The smallest absolute Gasteiger partial charge is 0.0648 e. The molecule has 0 spiro atoms. The number of hydrogen-bond acceptors (Lipinski definition) is 1. The zero-order valence-corrected chi connectivity index (χ0v) is 4.68. The molecule has 1 nitrogen and oxygen atoms in total. The Morgan fingerprint density at radius 2 is 2.43 bits per heavy atom. The van der Waals surface area contributed by atoms with Gasteiger partial charge in [-0.15, -0.1) is 6.58 Å². The molecule has 0 aliphatic heterocycles. The third kappa shape index (κ3) is 5.70. The Morgan fingerprint density at radius 3 is 2.57 bits per heavy atom. The van der Waals surface area contributed by atoms with Crippen LogP contribution in [-0.4, -0.2) is 12.7 Å². The molecule has 0 heterocycles. The molecular formula is C6H11O. The van der Waals surface area contributed by atoms with Crippen LogP contribution < -0.4 is 0 Å². The molecule has 1 radical (unpaired) electrons. The van der Waals surface area contributed by atoms with Crippen LogP contribution in [0.15, 0.2) is 12.7 Å². The first-order valence-electron chi connectivity index (χ1n) is 2.33. The molecule has 1 atom stereocenters. The molecule has 41 valence electrons. The Balaban J connectivity index is 2.81. The summed E-state index contributed by atoms with van der Waals surface area (Å²) in [5.41, 5.74) is 0. The normalized spacial score (nSPS) is 9.57. The lowest BCUT2D eigenvalue weighted by atomic mass is 10.5. The summed E-state index contributed by atoms with van der Waals surface area (Å²) in [4.78, 5) is 0. The van der Waals surface area contributed by atoms with Gasteiger partial charge >= 0.3 is 0 Å². The van der Waals surface area contributed by atoms with Gasteiger partial charge in [-0.1, -0.05) is 6.08 Å². The van der Waals surface area contributed by atoms with Gasteiger partial charge in [0.2, 0.25) is 0 Å². The highest BCUT2D eigenvalue weighted by molar-refractivity contribution is 4.65. The van der Waals surface area contributed by atoms with Crippen molar-refractivity contribution in [3.63, 3.8) is 0 Å². The van der Waals surface area contributed by atoms with Gasteiger partial charge in [-0.2, -0.15) is 0 Å². The van der Waals surface area contributed by atoms with Crippen LogP contribution in [0.5, 0.6) is 0 Å². The first-order chi connectivity index (χ1) is 3.27. The van der Waals surface area contributed by atoms with E-state index < -0.39 is 0 Å². The summed E-state index contributed by atoms with van der Waals surface area (Å²) in [5.74, 6) is 0. The molecule has 0 fully saturated rings. The van der Waals surface area contributed by atoms with Crippen LogP contribution in [0.4, 0.5) is 0 Å². The second-order valence-electron chi connectivity index (χ2n) is 1.43. The van der Waals surface area contributed by atoms with Gasteiger partial charge in [-0.05, 0) is 13.8 Å². The first kappa shape index (κ1) is 6.70. The largest absolute Gasteiger partial charge is 0.374 e. The summed E-state index contributed by atoms with van der Waals surface area (Å²) in [6.45, 7) is 9.58. The molecule has 0 N–H and O–H groups in total. The molecule has 0 bridgehead atoms. The van der Waals surface area contributed by atoms with E-state index in [1.54, 1.807) is 6.08 Å². The average Bonchev–Trinajstić information content (AvgIpc) is 1.61. The average molecular weight is 99.2 g/mol. The summed E-state index contributed by atoms with van der Waals surface area (Å²) in [5, 5.41) is 0. The SMILES string of the molecule is [CH2]C(C)OCC=C. The maximum atomic E-state index is 4.96. The Labute approximate surface area is 45.0 Å². The quantitative estimate of drug-likeness (QED) is 0.486. The van der Waals surface area contributed by atoms with Crippen LogP contribution in [0.2, 0.25) is 0 Å². The fourth-order valence-corrected chi connectivity index (χ4v) is 0.232. The molecule has 0 aromatic heterocycles.